The van der Waals surface area contributed by atoms with Crippen LogP contribution in [-0.4, -0.2) is 26.6 Å². The van der Waals surface area contributed by atoms with E-state index in [9.17, 15) is 13.2 Å². The fraction of sp³-hybridized carbons (Fsp3) is 0.312. The van der Waals surface area contributed by atoms with Gasteiger partial charge in [0, 0.05) is 18.7 Å². The molecule has 7 heteroatoms. The fourth-order valence-corrected chi connectivity index (χ4v) is 4.82. The third kappa shape index (κ3) is 3.92. The number of hydrogen-bond acceptors (Lipinski definition) is 4. The van der Waals surface area contributed by atoms with E-state index in [0.717, 1.165) is 6.42 Å². The third-order valence-corrected chi connectivity index (χ3v) is 6.36. The van der Waals surface area contributed by atoms with E-state index in [0.29, 0.717) is 30.8 Å². The van der Waals surface area contributed by atoms with Gasteiger partial charge < -0.3 is 5.32 Å². The fourth-order valence-electron chi connectivity index (χ4n) is 2.56. The van der Waals surface area contributed by atoms with E-state index >= 15 is 0 Å². The first-order valence-electron chi connectivity index (χ1n) is 7.46. The van der Waals surface area contributed by atoms with Gasteiger partial charge in [0.05, 0.1) is 11.4 Å². The molecule has 0 radical (unpaired) electrons. The van der Waals surface area contributed by atoms with Crippen LogP contribution < -0.4 is 9.62 Å². The second kappa shape index (κ2) is 6.72. The Hall–Kier alpha value is -1.86. The van der Waals surface area contributed by atoms with Crippen LogP contribution in [0.15, 0.2) is 41.1 Å². The molecule has 1 aliphatic heterocycles. The average Bonchev–Trinajstić information content (AvgIpc) is 3.15. The van der Waals surface area contributed by atoms with Crippen LogP contribution in [0.25, 0.3) is 0 Å². The summed E-state index contributed by atoms with van der Waals surface area (Å²) in [6.45, 7) is 0.523. The largest absolute Gasteiger partial charge is 0.326 e. The molecule has 2 aromatic rings. The van der Waals surface area contributed by atoms with Gasteiger partial charge in [0.15, 0.2) is 0 Å². The summed E-state index contributed by atoms with van der Waals surface area (Å²) in [5, 5.41) is 6.88. The van der Waals surface area contributed by atoms with Crippen LogP contribution in [0, 0.1) is 0 Å². The van der Waals surface area contributed by atoms with Gasteiger partial charge in [0.25, 0.3) is 0 Å². The standard InChI is InChI=1S/C16H18N2O3S2/c19-16(7-2-13-8-10-22-12-13)17-14-3-5-15(6-4-14)18-9-1-11-23(18,20)21/h3-6,8,10,12H,1-2,7,9,11H2,(H,17,19). The molecular formula is C16H18N2O3S2. The second-order valence-electron chi connectivity index (χ2n) is 5.47. The maximum Gasteiger partial charge on any atom is 0.235 e. The highest BCUT2D eigenvalue weighted by Crippen LogP contribution is 2.25. The second-order valence-corrected chi connectivity index (χ2v) is 8.26. The summed E-state index contributed by atoms with van der Waals surface area (Å²) in [6.07, 6.45) is 1.81. The van der Waals surface area contributed by atoms with Crippen molar-refractivity contribution in [2.45, 2.75) is 19.3 Å². The van der Waals surface area contributed by atoms with Crippen molar-refractivity contribution in [3.8, 4) is 0 Å². The molecule has 0 bridgehead atoms. The maximum absolute atomic E-state index is 11.9. The highest BCUT2D eigenvalue weighted by molar-refractivity contribution is 7.93. The van der Waals surface area contributed by atoms with Crippen LogP contribution in [0.5, 0.6) is 0 Å². The Bertz CT molecular complexity index is 768. The molecule has 23 heavy (non-hydrogen) atoms. The topological polar surface area (TPSA) is 66.5 Å². The van der Waals surface area contributed by atoms with E-state index in [1.54, 1.807) is 35.6 Å². The van der Waals surface area contributed by atoms with Crippen molar-refractivity contribution >= 4 is 38.6 Å². The van der Waals surface area contributed by atoms with E-state index in [1.165, 1.54) is 9.87 Å². The van der Waals surface area contributed by atoms with Gasteiger partial charge in [-0.2, -0.15) is 11.3 Å². The molecule has 3 rings (SSSR count). The van der Waals surface area contributed by atoms with Crippen molar-refractivity contribution in [1.82, 2.24) is 0 Å². The third-order valence-electron chi connectivity index (χ3n) is 3.76. The Kier molecular flexibility index (Phi) is 4.68. The Labute approximate surface area is 140 Å². The van der Waals surface area contributed by atoms with Crippen molar-refractivity contribution in [3.05, 3.63) is 46.7 Å². The minimum atomic E-state index is -3.16. The lowest BCUT2D eigenvalue weighted by Gasteiger charge is -2.17. The monoisotopic (exact) mass is 350 g/mol. The van der Waals surface area contributed by atoms with Crippen molar-refractivity contribution in [3.63, 3.8) is 0 Å². The number of nitrogens with one attached hydrogen (secondary N) is 1. The molecule has 0 saturated carbocycles. The van der Waals surface area contributed by atoms with Crippen molar-refractivity contribution in [2.75, 3.05) is 21.9 Å². The molecule has 1 aromatic carbocycles. The Morgan fingerprint density at radius 2 is 2.00 bits per heavy atom. The van der Waals surface area contributed by atoms with E-state index in [2.05, 4.69) is 5.32 Å². The number of nitrogens with zero attached hydrogens (tertiary/aromatic N) is 1. The molecule has 0 spiro atoms. The highest BCUT2D eigenvalue weighted by Gasteiger charge is 2.28. The molecule has 0 unspecified atom stereocenters. The molecule has 0 atom stereocenters. The normalized spacial score (nSPS) is 16.4. The summed E-state index contributed by atoms with van der Waals surface area (Å²) in [5.74, 6) is 0.159. The summed E-state index contributed by atoms with van der Waals surface area (Å²) in [7, 11) is -3.16. The van der Waals surface area contributed by atoms with Gasteiger partial charge in [-0.15, -0.1) is 0 Å². The first-order chi connectivity index (χ1) is 11.0. The van der Waals surface area contributed by atoms with Gasteiger partial charge in [-0.1, -0.05) is 0 Å². The first kappa shape index (κ1) is 16.0. The number of aryl methyl sites for hydroxylation is 1. The van der Waals surface area contributed by atoms with Gasteiger partial charge in [-0.25, -0.2) is 8.42 Å². The van der Waals surface area contributed by atoms with Crippen LogP contribution >= 0.6 is 11.3 Å². The summed E-state index contributed by atoms with van der Waals surface area (Å²) in [6, 6.07) is 8.97. The lowest BCUT2D eigenvalue weighted by Crippen LogP contribution is -2.25. The SMILES string of the molecule is O=C(CCc1ccsc1)Nc1ccc(N2CCCS2(=O)=O)cc1. The zero-order chi connectivity index (χ0) is 16.3. The Morgan fingerprint density at radius 3 is 2.61 bits per heavy atom. The van der Waals surface area contributed by atoms with E-state index < -0.39 is 10.0 Å². The number of carbonyl (C=O) groups is 1. The highest BCUT2D eigenvalue weighted by atomic mass is 32.2. The first-order valence-corrected chi connectivity index (χ1v) is 10.0. The molecule has 1 aliphatic rings. The molecular weight excluding hydrogens is 332 g/mol. The zero-order valence-electron chi connectivity index (χ0n) is 12.6. The Morgan fingerprint density at radius 1 is 1.22 bits per heavy atom. The van der Waals surface area contributed by atoms with Gasteiger partial charge in [0.2, 0.25) is 15.9 Å². The molecule has 122 valence electrons. The Balaban J connectivity index is 1.58. The van der Waals surface area contributed by atoms with Crippen LogP contribution in [0.2, 0.25) is 0 Å². The summed E-state index contributed by atoms with van der Waals surface area (Å²) in [5.41, 5.74) is 2.50. The average molecular weight is 350 g/mol. The molecule has 1 aromatic heterocycles. The van der Waals surface area contributed by atoms with Gasteiger partial charge in [0.1, 0.15) is 0 Å². The number of amides is 1. The number of benzene rings is 1. The van der Waals surface area contributed by atoms with Gasteiger partial charge in [-0.3, -0.25) is 9.10 Å². The predicted molar refractivity (Wildman–Crippen MR) is 93.5 cm³/mol. The van der Waals surface area contributed by atoms with Crippen LogP contribution in [0.4, 0.5) is 11.4 Å². The van der Waals surface area contributed by atoms with Crippen molar-refractivity contribution < 1.29 is 13.2 Å². The number of hydrogen-bond donors (Lipinski definition) is 1. The van der Waals surface area contributed by atoms with Crippen LogP contribution in [0.3, 0.4) is 0 Å². The lowest BCUT2D eigenvalue weighted by molar-refractivity contribution is -0.116. The minimum Gasteiger partial charge on any atom is -0.326 e. The zero-order valence-corrected chi connectivity index (χ0v) is 14.2. The lowest BCUT2D eigenvalue weighted by atomic mass is 10.2. The number of carbonyl (C=O) groups excluding carboxylic acids is 1. The molecule has 2 heterocycles. The number of rotatable bonds is 5. The van der Waals surface area contributed by atoms with Crippen molar-refractivity contribution in [1.29, 1.82) is 0 Å². The molecule has 1 fully saturated rings. The molecule has 1 saturated heterocycles. The minimum absolute atomic E-state index is 0.0438. The van der Waals surface area contributed by atoms with Crippen molar-refractivity contribution in [2.24, 2.45) is 0 Å². The summed E-state index contributed by atoms with van der Waals surface area (Å²) >= 11 is 1.62. The van der Waals surface area contributed by atoms with E-state index in [4.69, 9.17) is 0 Å². The number of anilines is 2. The van der Waals surface area contributed by atoms with E-state index in [1.807, 2.05) is 16.8 Å². The van der Waals surface area contributed by atoms with Crippen LogP contribution in [0.1, 0.15) is 18.4 Å². The maximum atomic E-state index is 11.9. The molecule has 1 N–H and O–H groups in total. The number of sulfonamides is 1. The molecule has 1 amide bonds. The van der Waals surface area contributed by atoms with Gasteiger partial charge in [-0.05, 0) is 59.5 Å². The smallest absolute Gasteiger partial charge is 0.235 e. The summed E-state index contributed by atoms with van der Waals surface area (Å²) < 4.78 is 25.2. The van der Waals surface area contributed by atoms with Crippen LogP contribution in [-0.2, 0) is 21.2 Å². The predicted octanol–water partition coefficient (Wildman–Crippen LogP) is 2.86. The van der Waals surface area contributed by atoms with Gasteiger partial charge >= 0.3 is 0 Å². The van der Waals surface area contributed by atoms with E-state index in [-0.39, 0.29) is 11.7 Å². The molecule has 0 aliphatic carbocycles. The quantitative estimate of drug-likeness (QED) is 0.902. The number of thiophene rings is 1. The summed E-state index contributed by atoms with van der Waals surface area (Å²) in [4.78, 5) is 11.9. The molecule has 5 nitrogen and oxygen atoms in total.